The zero-order valence-corrected chi connectivity index (χ0v) is 9.66. The highest BCUT2D eigenvalue weighted by atomic mass is 32.1. The molecule has 78 valence electrons. The molecule has 4 nitrogen and oxygen atoms in total. The van der Waals surface area contributed by atoms with Gasteiger partial charge >= 0.3 is 0 Å². The molecular weight excluding hydrogens is 218 g/mol. The Bertz CT molecular complexity index is 348. The molecule has 6 heteroatoms. The number of anilines is 1. The van der Waals surface area contributed by atoms with Crippen molar-refractivity contribution in [3.63, 3.8) is 0 Å². The maximum Gasteiger partial charge on any atom is 0.207 e. The smallest absolute Gasteiger partial charge is 0.207 e. The Labute approximate surface area is 91.9 Å². The van der Waals surface area contributed by atoms with Crippen molar-refractivity contribution >= 4 is 28.7 Å². The van der Waals surface area contributed by atoms with E-state index in [-0.39, 0.29) is 0 Å². The molecule has 0 amide bonds. The molecular formula is C8H13N3OS2. The van der Waals surface area contributed by atoms with E-state index in [1.165, 1.54) is 11.3 Å². The molecule has 1 aromatic heterocycles. The standard InChI is InChI=1S/C8H13N3OS2/c1-12-6-3-2-4-11(5-6)7-9-10-8(13)14-7/h6H,2-5H2,1H3,(H,10,13). The topological polar surface area (TPSA) is 41.1 Å². The van der Waals surface area contributed by atoms with Crippen molar-refractivity contribution < 1.29 is 4.74 Å². The molecule has 0 radical (unpaired) electrons. The van der Waals surface area contributed by atoms with Gasteiger partial charge in [0, 0.05) is 20.2 Å². The Morgan fingerprint density at radius 1 is 1.71 bits per heavy atom. The molecule has 0 aliphatic carbocycles. The Hall–Kier alpha value is -0.460. The van der Waals surface area contributed by atoms with Gasteiger partial charge in [-0.3, -0.25) is 5.10 Å². The monoisotopic (exact) mass is 231 g/mol. The average Bonchev–Trinajstić information content (AvgIpc) is 2.65. The van der Waals surface area contributed by atoms with Crippen molar-refractivity contribution in [3.8, 4) is 0 Å². The van der Waals surface area contributed by atoms with Crippen LogP contribution in [0, 0.1) is 3.95 Å². The van der Waals surface area contributed by atoms with E-state index in [1.54, 1.807) is 7.11 Å². The van der Waals surface area contributed by atoms with Crippen molar-refractivity contribution in [2.75, 3.05) is 25.1 Å². The van der Waals surface area contributed by atoms with Gasteiger partial charge in [0.15, 0.2) is 3.95 Å². The summed E-state index contributed by atoms with van der Waals surface area (Å²) >= 11 is 6.53. The van der Waals surface area contributed by atoms with Crippen LogP contribution in [0.15, 0.2) is 0 Å². The first-order valence-corrected chi connectivity index (χ1v) is 5.85. The normalized spacial score (nSPS) is 22.6. The first-order valence-electron chi connectivity index (χ1n) is 4.63. The van der Waals surface area contributed by atoms with Crippen molar-refractivity contribution in [3.05, 3.63) is 3.95 Å². The Morgan fingerprint density at radius 3 is 3.21 bits per heavy atom. The second-order valence-electron chi connectivity index (χ2n) is 3.34. The summed E-state index contributed by atoms with van der Waals surface area (Å²) in [6, 6.07) is 0. The molecule has 0 spiro atoms. The van der Waals surface area contributed by atoms with Crippen LogP contribution in [-0.2, 0) is 4.74 Å². The Morgan fingerprint density at radius 2 is 2.57 bits per heavy atom. The molecule has 1 atom stereocenters. The average molecular weight is 231 g/mol. The first-order chi connectivity index (χ1) is 6.79. The van der Waals surface area contributed by atoms with Crippen LogP contribution in [0.5, 0.6) is 0 Å². The van der Waals surface area contributed by atoms with Crippen LogP contribution in [0.4, 0.5) is 5.13 Å². The van der Waals surface area contributed by atoms with Gasteiger partial charge in [-0.2, -0.15) is 0 Å². The van der Waals surface area contributed by atoms with Crippen molar-refractivity contribution in [1.82, 2.24) is 10.2 Å². The molecule has 1 aliphatic heterocycles. The first kappa shape index (κ1) is 10.1. The van der Waals surface area contributed by atoms with Crippen LogP contribution in [0.3, 0.4) is 0 Å². The van der Waals surface area contributed by atoms with Crippen LogP contribution >= 0.6 is 23.6 Å². The summed E-state index contributed by atoms with van der Waals surface area (Å²) in [6.45, 7) is 1.97. The molecule has 1 saturated heterocycles. The van der Waals surface area contributed by atoms with E-state index in [4.69, 9.17) is 17.0 Å². The Kier molecular flexibility index (Phi) is 3.15. The van der Waals surface area contributed by atoms with Gasteiger partial charge in [0.1, 0.15) is 0 Å². The van der Waals surface area contributed by atoms with Crippen LogP contribution in [-0.4, -0.2) is 36.5 Å². The van der Waals surface area contributed by atoms with E-state index in [9.17, 15) is 0 Å². The van der Waals surface area contributed by atoms with Crippen LogP contribution < -0.4 is 4.90 Å². The number of aromatic nitrogens is 2. The zero-order valence-electron chi connectivity index (χ0n) is 8.02. The minimum absolute atomic E-state index is 0.334. The minimum Gasteiger partial charge on any atom is -0.380 e. The van der Waals surface area contributed by atoms with Gasteiger partial charge < -0.3 is 9.64 Å². The van der Waals surface area contributed by atoms with E-state index in [0.717, 1.165) is 35.0 Å². The molecule has 2 rings (SSSR count). The Balaban J connectivity index is 2.07. The van der Waals surface area contributed by atoms with Crippen LogP contribution in [0.2, 0.25) is 0 Å². The molecule has 1 aromatic rings. The van der Waals surface area contributed by atoms with Gasteiger partial charge in [-0.15, -0.1) is 5.10 Å². The van der Waals surface area contributed by atoms with Gasteiger partial charge in [-0.1, -0.05) is 11.3 Å². The third kappa shape index (κ3) is 2.13. The quantitative estimate of drug-likeness (QED) is 0.788. The maximum absolute atomic E-state index is 5.35. The van der Waals surface area contributed by atoms with E-state index in [2.05, 4.69) is 15.1 Å². The summed E-state index contributed by atoms with van der Waals surface area (Å²) in [7, 11) is 1.76. The molecule has 2 heterocycles. The fourth-order valence-corrected chi connectivity index (χ4v) is 2.57. The second kappa shape index (κ2) is 4.37. The summed E-state index contributed by atoms with van der Waals surface area (Å²) in [5.41, 5.74) is 0. The predicted molar refractivity (Wildman–Crippen MR) is 59.5 cm³/mol. The van der Waals surface area contributed by atoms with E-state index >= 15 is 0 Å². The largest absolute Gasteiger partial charge is 0.380 e. The fourth-order valence-electron chi connectivity index (χ4n) is 1.66. The predicted octanol–water partition coefficient (Wildman–Crippen LogP) is 1.82. The third-order valence-electron chi connectivity index (χ3n) is 2.41. The number of H-pyrrole nitrogens is 1. The molecule has 1 N–H and O–H groups in total. The number of piperidine rings is 1. The highest BCUT2D eigenvalue weighted by Crippen LogP contribution is 2.22. The number of nitrogens with zero attached hydrogens (tertiary/aromatic N) is 2. The second-order valence-corrected chi connectivity index (χ2v) is 4.99. The lowest BCUT2D eigenvalue weighted by Gasteiger charge is -2.31. The lowest BCUT2D eigenvalue weighted by atomic mass is 10.1. The summed E-state index contributed by atoms with van der Waals surface area (Å²) in [5.74, 6) is 0. The molecule has 0 aromatic carbocycles. The van der Waals surface area contributed by atoms with Gasteiger partial charge in [0.25, 0.3) is 0 Å². The van der Waals surface area contributed by atoms with Crippen LogP contribution in [0.1, 0.15) is 12.8 Å². The summed E-state index contributed by atoms with van der Waals surface area (Å²) < 4.78 is 6.08. The van der Waals surface area contributed by atoms with Crippen molar-refractivity contribution in [2.45, 2.75) is 18.9 Å². The highest BCUT2D eigenvalue weighted by molar-refractivity contribution is 7.73. The van der Waals surface area contributed by atoms with Crippen molar-refractivity contribution in [2.24, 2.45) is 0 Å². The summed E-state index contributed by atoms with van der Waals surface area (Å²) in [5, 5.41) is 7.95. The highest BCUT2D eigenvalue weighted by Gasteiger charge is 2.21. The van der Waals surface area contributed by atoms with Gasteiger partial charge in [-0.25, -0.2) is 0 Å². The molecule has 1 aliphatic rings. The molecule has 1 unspecified atom stereocenters. The number of aromatic amines is 1. The molecule has 0 bridgehead atoms. The molecule has 0 saturated carbocycles. The number of hydrogen-bond donors (Lipinski definition) is 1. The SMILES string of the molecule is COC1CCCN(c2n[nH]c(=S)s2)C1. The van der Waals surface area contributed by atoms with Gasteiger partial charge in [-0.05, 0) is 25.1 Å². The van der Waals surface area contributed by atoms with Gasteiger partial charge in [0.05, 0.1) is 6.10 Å². The maximum atomic E-state index is 5.35. The number of nitrogens with one attached hydrogen (secondary N) is 1. The fraction of sp³-hybridized carbons (Fsp3) is 0.750. The summed E-state index contributed by atoms with van der Waals surface area (Å²) in [6.07, 6.45) is 2.63. The van der Waals surface area contributed by atoms with E-state index in [1.807, 2.05) is 0 Å². The third-order valence-corrected chi connectivity index (χ3v) is 3.56. The molecule has 1 fully saturated rings. The number of methoxy groups -OCH3 is 1. The number of hydrogen-bond acceptors (Lipinski definition) is 5. The van der Waals surface area contributed by atoms with Crippen LogP contribution in [0.25, 0.3) is 0 Å². The van der Waals surface area contributed by atoms with E-state index in [0.29, 0.717) is 6.10 Å². The minimum atomic E-state index is 0.334. The number of rotatable bonds is 2. The van der Waals surface area contributed by atoms with Crippen molar-refractivity contribution in [1.29, 1.82) is 0 Å². The zero-order chi connectivity index (χ0) is 9.97. The summed E-state index contributed by atoms with van der Waals surface area (Å²) in [4.78, 5) is 2.23. The molecule has 14 heavy (non-hydrogen) atoms. The van der Waals surface area contributed by atoms with E-state index < -0.39 is 0 Å². The van der Waals surface area contributed by atoms with Gasteiger partial charge in [0.2, 0.25) is 5.13 Å². The number of ether oxygens (including phenoxy) is 1. The lowest BCUT2D eigenvalue weighted by Crippen LogP contribution is -2.39. The lowest BCUT2D eigenvalue weighted by molar-refractivity contribution is 0.0893.